The fraction of sp³-hybridized carbons (Fsp3) is 0.444. The summed E-state index contributed by atoms with van der Waals surface area (Å²) in [5.41, 5.74) is 1.18. The van der Waals surface area contributed by atoms with Gasteiger partial charge in [-0.25, -0.2) is 0 Å². The molecule has 0 aromatic carbocycles. The molecule has 0 aliphatic carbocycles. The van der Waals surface area contributed by atoms with Gasteiger partial charge in [-0.3, -0.25) is 4.99 Å². The quantitative estimate of drug-likeness (QED) is 0.490. The number of rotatable bonds is 3. The highest BCUT2D eigenvalue weighted by atomic mass is 16.2. The standard InChI is InChI=1S/C9H15NO/c1-8(4-6-10-3)9(2)5-7-11/h4-7,9,11H,1-3H3/b7-5+,8-4-,10-6-. The normalized spacial score (nSPS) is 16.5. The Kier molecular flexibility index (Phi) is 5.17. The minimum Gasteiger partial charge on any atom is -0.516 e. The zero-order chi connectivity index (χ0) is 8.69. The Morgan fingerprint density at radius 2 is 2.18 bits per heavy atom. The van der Waals surface area contributed by atoms with Crippen LogP contribution in [0.4, 0.5) is 0 Å². The van der Waals surface area contributed by atoms with Gasteiger partial charge in [-0.2, -0.15) is 0 Å². The van der Waals surface area contributed by atoms with E-state index < -0.39 is 0 Å². The molecule has 1 N–H and O–H groups in total. The summed E-state index contributed by atoms with van der Waals surface area (Å²) in [5.74, 6) is 0.276. The third-order valence-electron chi connectivity index (χ3n) is 1.58. The SMILES string of the molecule is C/N=C\C=C(\C)C(C)/C=C/O. The van der Waals surface area contributed by atoms with E-state index in [0.717, 1.165) is 6.26 Å². The van der Waals surface area contributed by atoms with Gasteiger partial charge in [-0.15, -0.1) is 0 Å². The van der Waals surface area contributed by atoms with E-state index in [1.54, 1.807) is 19.3 Å². The summed E-state index contributed by atoms with van der Waals surface area (Å²) in [7, 11) is 1.73. The van der Waals surface area contributed by atoms with Crippen LogP contribution in [0.2, 0.25) is 0 Å². The number of nitrogens with zero attached hydrogens (tertiary/aromatic N) is 1. The van der Waals surface area contributed by atoms with Crippen molar-refractivity contribution in [2.45, 2.75) is 13.8 Å². The number of aliphatic hydroxyl groups excluding tert-OH is 1. The van der Waals surface area contributed by atoms with Gasteiger partial charge < -0.3 is 5.11 Å². The summed E-state index contributed by atoms with van der Waals surface area (Å²) in [6.45, 7) is 4.02. The van der Waals surface area contributed by atoms with Gasteiger partial charge in [0.1, 0.15) is 0 Å². The van der Waals surface area contributed by atoms with Crippen LogP contribution in [-0.4, -0.2) is 18.4 Å². The minimum absolute atomic E-state index is 0.276. The molecule has 0 radical (unpaired) electrons. The van der Waals surface area contributed by atoms with E-state index in [1.165, 1.54) is 5.57 Å². The van der Waals surface area contributed by atoms with Crippen molar-refractivity contribution in [3.8, 4) is 0 Å². The van der Waals surface area contributed by atoms with E-state index in [9.17, 15) is 0 Å². The zero-order valence-electron chi connectivity index (χ0n) is 7.28. The first-order valence-corrected chi connectivity index (χ1v) is 3.62. The second kappa shape index (κ2) is 5.71. The second-order valence-corrected chi connectivity index (χ2v) is 2.45. The maximum atomic E-state index is 8.47. The van der Waals surface area contributed by atoms with Crippen LogP contribution >= 0.6 is 0 Å². The largest absolute Gasteiger partial charge is 0.516 e. The third-order valence-corrected chi connectivity index (χ3v) is 1.58. The maximum Gasteiger partial charge on any atom is 0.0757 e. The van der Waals surface area contributed by atoms with Crippen LogP contribution in [0, 0.1) is 5.92 Å². The Labute approximate surface area is 68.0 Å². The van der Waals surface area contributed by atoms with Gasteiger partial charge in [-0.1, -0.05) is 12.5 Å². The van der Waals surface area contributed by atoms with E-state index in [1.807, 2.05) is 19.9 Å². The highest BCUT2D eigenvalue weighted by molar-refractivity contribution is 5.72. The van der Waals surface area contributed by atoms with Crippen molar-refractivity contribution in [2.24, 2.45) is 10.9 Å². The molecule has 0 spiro atoms. The number of aliphatic imine (C=N–C) groups is 1. The lowest BCUT2D eigenvalue weighted by atomic mass is 10.0. The smallest absolute Gasteiger partial charge is 0.0757 e. The van der Waals surface area contributed by atoms with Crippen molar-refractivity contribution in [3.05, 3.63) is 24.0 Å². The lowest BCUT2D eigenvalue weighted by Crippen LogP contribution is -1.91. The molecule has 2 nitrogen and oxygen atoms in total. The van der Waals surface area contributed by atoms with Crippen molar-refractivity contribution in [1.29, 1.82) is 0 Å². The summed E-state index contributed by atoms with van der Waals surface area (Å²) >= 11 is 0. The Balaban J connectivity index is 4.10. The molecule has 0 bridgehead atoms. The summed E-state index contributed by atoms with van der Waals surface area (Å²) < 4.78 is 0. The van der Waals surface area contributed by atoms with E-state index in [4.69, 9.17) is 5.11 Å². The molecule has 0 fully saturated rings. The average molecular weight is 153 g/mol. The van der Waals surface area contributed by atoms with Gasteiger partial charge in [0.25, 0.3) is 0 Å². The van der Waals surface area contributed by atoms with Gasteiger partial charge in [0.15, 0.2) is 0 Å². The molecular formula is C9H15NO. The number of hydrogen-bond donors (Lipinski definition) is 1. The molecule has 0 amide bonds. The van der Waals surface area contributed by atoms with Crippen LogP contribution in [0.3, 0.4) is 0 Å². The summed E-state index contributed by atoms with van der Waals surface area (Å²) in [6, 6.07) is 0. The Morgan fingerprint density at radius 1 is 1.55 bits per heavy atom. The molecule has 0 saturated carbocycles. The first kappa shape index (κ1) is 9.95. The van der Waals surface area contributed by atoms with Gasteiger partial charge in [0.05, 0.1) is 6.26 Å². The fourth-order valence-electron chi connectivity index (χ4n) is 0.625. The summed E-state index contributed by atoms with van der Waals surface area (Å²) in [6.07, 6.45) is 6.49. The van der Waals surface area contributed by atoms with Gasteiger partial charge in [0.2, 0.25) is 0 Å². The molecule has 1 unspecified atom stereocenters. The molecule has 11 heavy (non-hydrogen) atoms. The molecule has 0 aliphatic rings. The van der Waals surface area contributed by atoms with E-state index >= 15 is 0 Å². The van der Waals surface area contributed by atoms with Crippen LogP contribution in [0.5, 0.6) is 0 Å². The highest BCUT2D eigenvalue weighted by Crippen LogP contribution is 2.09. The topological polar surface area (TPSA) is 32.6 Å². The maximum absolute atomic E-state index is 8.47. The number of allylic oxidation sites excluding steroid dienone is 3. The van der Waals surface area contributed by atoms with Crippen LogP contribution in [0.1, 0.15) is 13.8 Å². The lowest BCUT2D eigenvalue weighted by Gasteiger charge is -2.03. The van der Waals surface area contributed by atoms with Gasteiger partial charge in [0, 0.05) is 13.3 Å². The highest BCUT2D eigenvalue weighted by Gasteiger charge is 1.96. The van der Waals surface area contributed by atoms with Crippen molar-refractivity contribution >= 4 is 6.21 Å². The molecule has 2 heteroatoms. The van der Waals surface area contributed by atoms with Gasteiger partial charge in [-0.05, 0) is 25.0 Å². The average Bonchev–Trinajstić information content (AvgIpc) is 2.00. The van der Waals surface area contributed by atoms with E-state index in [-0.39, 0.29) is 5.92 Å². The lowest BCUT2D eigenvalue weighted by molar-refractivity contribution is 0.468. The number of hydrogen-bond acceptors (Lipinski definition) is 2. The first-order valence-electron chi connectivity index (χ1n) is 3.62. The van der Waals surface area contributed by atoms with Crippen LogP contribution in [0.15, 0.2) is 29.0 Å². The Morgan fingerprint density at radius 3 is 2.64 bits per heavy atom. The Bertz CT molecular complexity index is 180. The van der Waals surface area contributed by atoms with Crippen LogP contribution in [0.25, 0.3) is 0 Å². The molecule has 0 heterocycles. The third kappa shape index (κ3) is 4.37. The molecule has 1 atom stereocenters. The second-order valence-electron chi connectivity index (χ2n) is 2.45. The monoisotopic (exact) mass is 153 g/mol. The predicted molar refractivity (Wildman–Crippen MR) is 49.1 cm³/mol. The van der Waals surface area contributed by atoms with Crippen molar-refractivity contribution in [1.82, 2.24) is 0 Å². The Hall–Kier alpha value is -1.05. The fourth-order valence-corrected chi connectivity index (χ4v) is 0.625. The van der Waals surface area contributed by atoms with Crippen molar-refractivity contribution < 1.29 is 5.11 Å². The predicted octanol–water partition coefficient (Wildman–Crippen LogP) is 2.34. The molecular weight excluding hydrogens is 138 g/mol. The van der Waals surface area contributed by atoms with Crippen molar-refractivity contribution in [2.75, 3.05) is 7.05 Å². The minimum atomic E-state index is 0.276. The molecule has 0 aliphatic heterocycles. The first-order chi connectivity index (χ1) is 5.22. The summed E-state index contributed by atoms with van der Waals surface area (Å²) in [5, 5.41) is 8.47. The zero-order valence-corrected chi connectivity index (χ0v) is 7.28. The van der Waals surface area contributed by atoms with E-state index in [0.29, 0.717) is 0 Å². The molecule has 0 saturated heterocycles. The van der Waals surface area contributed by atoms with Crippen LogP contribution < -0.4 is 0 Å². The van der Waals surface area contributed by atoms with E-state index in [2.05, 4.69) is 4.99 Å². The molecule has 62 valence electrons. The molecule has 0 aromatic rings. The van der Waals surface area contributed by atoms with Crippen LogP contribution in [-0.2, 0) is 0 Å². The van der Waals surface area contributed by atoms with Gasteiger partial charge >= 0.3 is 0 Å². The molecule has 0 aromatic heterocycles. The molecule has 0 rings (SSSR count). The number of aliphatic hydroxyl groups is 1. The summed E-state index contributed by atoms with van der Waals surface area (Å²) in [4.78, 5) is 3.83. The van der Waals surface area contributed by atoms with Crippen molar-refractivity contribution in [3.63, 3.8) is 0 Å².